The highest BCUT2D eigenvalue weighted by Gasteiger charge is 2.36. The molecule has 3 aliphatic heterocycles. The largest absolute Gasteiger partial charge is 0.421 e. The van der Waals surface area contributed by atoms with E-state index in [1.165, 1.54) is 31.6 Å². The van der Waals surface area contributed by atoms with Crippen LogP contribution >= 0.6 is 0 Å². The molecule has 1 aromatic carbocycles. The van der Waals surface area contributed by atoms with Crippen molar-refractivity contribution in [2.24, 2.45) is 0 Å². The number of carbonyl (C=O) groups excluding carboxylic acids is 1. The Bertz CT molecular complexity index is 1290. The number of anilines is 4. The fourth-order valence-corrected chi connectivity index (χ4v) is 6.57. The lowest BCUT2D eigenvalue weighted by Crippen LogP contribution is -2.53. The van der Waals surface area contributed by atoms with Gasteiger partial charge in [-0.15, -0.1) is 0 Å². The smallest absolute Gasteiger partial charge is 0.369 e. The van der Waals surface area contributed by atoms with Crippen LogP contribution < -0.4 is 20.9 Å². The number of halogens is 3. The molecule has 6 rings (SSSR count). The van der Waals surface area contributed by atoms with Gasteiger partial charge in [0.2, 0.25) is 5.95 Å². The van der Waals surface area contributed by atoms with Crippen LogP contribution in [-0.2, 0) is 6.18 Å². The molecule has 3 saturated heterocycles. The first kappa shape index (κ1) is 30.7. The van der Waals surface area contributed by atoms with Gasteiger partial charge in [0.15, 0.2) is 0 Å². The number of aromatic nitrogens is 2. The van der Waals surface area contributed by atoms with E-state index in [2.05, 4.69) is 59.8 Å². The molecule has 4 aliphatic rings. The minimum atomic E-state index is -4.59. The Kier molecular flexibility index (Phi) is 9.31. The molecule has 4 heterocycles. The van der Waals surface area contributed by atoms with Gasteiger partial charge in [0, 0.05) is 76.0 Å². The van der Waals surface area contributed by atoms with Crippen LogP contribution in [0.4, 0.5) is 41.1 Å². The summed E-state index contributed by atoms with van der Waals surface area (Å²) < 4.78 is 41.4. The summed E-state index contributed by atoms with van der Waals surface area (Å²) in [6, 6.07) is 6.91. The average molecular weight is 616 g/mol. The summed E-state index contributed by atoms with van der Waals surface area (Å²) in [6.45, 7) is 8.45. The van der Waals surface area contributed by atoms with Crippen molar-refractivity contribution in [1.82, 2.24) is 30.0 Å². The molecular weight excluding hydrogens is 571 g/mol. The second-order valence-corrected chi connectivity index (χ2v) is 12.5. The number of piperazine rings is 1. The SMILES string of the molecule is CN1CCC(N2CCN(c3ccc(Nc4ncc(C(F)(F)F)c(NCCCN5CCCNC5=O)n4)c(C4CC4)c3)CC2)CC1. The van der Waals surface area contributed by atoms with Crippen LogP contribution in [0.25, 0.3) is 0 Å². The van der Waals surface area contributed by atoms with Crippen LogP contribution in [-0.4, -0.2) is 109 Å². The molecule has 4 fully saturated rings. The molecule has 240 valence electrons. The number of hydrogen-bond donors (Lipinski definition) is 3. The molecule has 0 atom stereocenters. The highest BCUT2D eigenvalue weighted by atomic mass is 19.4. The van der Waals surface area contributed by atoms with Crippen molar-refractivity contribution in [1.29, 1.82) is 0 Å². The summed E-state index contributed by atoms with van der Waals surface area (Å²) in [5.41, 5.74) is 2.29. The fourth-order valence-electron chi connectivity index (χ4n) is 6.57. The zero-order valence-corrected chi connectivity index (χ0v) is 25.5. The average Bonchev–Trinajstić information content (AvgIpc) is 3.86. The van der Waals surface area contributed by atoms with Gasteiger partial charge < -0.3 is 30.7 Å². The van der Waals surface area contributed by atoms with Crippen LogP contribution in [0.15, 0.2) is 24.4 Å². The van der Waals surface area contributed by atoms with Crippen molar-refractivity contribution < 1.29 is 18.0 Å². The number of hydrogen-bond acceptors (Lipinski definition) is 8. The summed E-state index contributed by atoms with van der Waals surface area (Å²) in [7, 11) is 2.20. The Hall–Kier alpha value is -3.32. The molecule has 0 radical (unpaired) electrons. The quantitative estimate of drug-likeness (QED) is 0.336. The molecule has 13 heteroatoms. The summed E-state index contributed by atoms with van der Waals surface area (Å²) >= 11 is 0. The Morgan fingerprint density at radius 3 is 2.50 bits per heavy atom. The lowest BCUT2D eigenvalue weighted by Gasteiger charge is -2.43. The Morgan fingerprint density at radius 1 is 1.02 bits per heavy atom. The predicted octanol–water partition coefficient (Wildman–Crippen LogP) is 4.55. The fraction of sp³-hybridized carbons (Fsp3) is 0.645. The van der Waals surface area contributed by atoms with Crippen molar-refractivity contribution in [2.45, 2.75) is 56.7 Å². The maximum atomic E-state index is 13.8. The van der Waals surface area contributed by atoms with Crippen LogP contribution in [0.3, 0.4) is 0 Å². The third-order valence-electron chi connectivity index (χ3n) is 9.34. The monoisotopic (exact) mass is 615 g/mol. The number of amides is 2. The highest BCUT2D eigenvalue weighted by molar-refractivity contribution is 5.74. The molecule has 2 aromatic rings. The second-order valence-electron chi connectivity index (χ2n) is 12.5. The van der Waals surface area contributed by atoms with Gasteiger partial charge in [-0.2, -0.15) is 18.2 Å². The van der Waals surface area contributed by atoms with Gasteiger partial charge in [0.05, 0.1) is 0 Å². The van der Waals surface area contributed by atoms with Gasteiger partial charge in [-0.25, -0.2) is 9.78 Å². The zero-order chi connectivity index (χ0) is 30.7. The summed E-state index contributed by atoms with van der Waals surface area (Å²) in [5, 5.41) is 8.86. The minimum absolute atomic E-state index is 0.122. The minimum Gasteiger partial charge on any atom is -0.369 e. The second kappa shape index (κ2) is 13.4. The lowest BCUT2D eigenvalue weighted by molar-refractivity contribution is -0.137. The number of likely N-dealkylation sites (tertiary alicyclic amines) is 1. The van der Waals surface area contributed by atoms with Crippen molar-refractivity contribution >= 4 is 29.2 Å². The third kappa shape index (κ3) is 7.48. The first-order valence-electron chi connectivity index (χ1n) is 16.0. The molecule has 0 bridgehead atoms. The number of nitrogens with zero attached hydrogens (tertiary/aromatic N) is 6. The number of urea groups is 1. The molecule has 44 heavy (non-hydrogen) atoms. The molecule has 3 N–H and O–H groups in total. The standard InChI is InChI=1S/C31H44F3N9O/c1-40-14-8-23(9-15-40)41-16-18-42(19-17-41)24-6-7-27(25(20-24)22-4-5-22)38-29-37-21-26(31(32,33)34)28(39-29)35-10-2-12-43-13-3-11-36-30(43)44/h6-7,20-23H,2-5,8-19H2,1H3,(H,36,44)(H2,35,37,38,39). The molecule has 1 saturated carbocycles. The van der Waals surface area contributed by atoms with E-state index in [1.54, 1.807) is 4.90 Å². The number of carbonyl (C=O) groups is 1. The van der Waals surface area contributed by atoms with Gasteiger partial charge in [-0.3, -0.25) is 4.90 Å². The number of nitrogens with one attached hydrogen (secondary N) is 3. The van der Waals surface area contributed by atoms with Gasteiger partial charge in [-0.05, 0) is 88.3 Å². The maximum absolute atomic E-state index is 13.8. The van der Waals surface area contributed by atoms with Crippen molar-refractivity contribution in [2.75, 3.05) is 88.0 Å². The Balaban J connectivity index is 1.10. The van der Waals surface area contributed by atoms with Gasteiger partial charge >= 0.3 is 12.2 Å². The Labute approximate surface area is 257 Å². The summed E-state index contributed by atoms with van der Waals surface area (Å²) in [5.74, 6) is 0.291. The van der Waals surface area contributed by atoms with Gasteiger partial charge in [-0.1, -0.05) is 0 Å². The van der Waals surface area contributed by atoms with E-state index in [4.69, 9.17) is 0 Å². The zero-order valence-electron chi connectivity index (χ0n) is 25.5. The van der Waals surface area contributed by atoms with Crippen LogP contribution in [0.5, 0.6) is 0 Å². The van der Waals surface area contributed by atoms with Crippen LogP contribution in [0.1, 0.15) is 55.6 Å². The van der Waals surface area contributed by atoms with E-state index in [9.17, 15) is 18.0 Å². The normalized spacial score (nSPS) is 21.0. The number of rotatable bonds is 10. The Morgan fingerprint density at radius 2 is 1.80 bits per heavy atom. The molecule has 2 amide bonds. The molecule has 1 aliphatic carbocycles. The maximum Gasteiger partial charge on any atom is 0.421 e. The van der Waals surface area contributed by atoms with E-state index in [1.807, 2.05) is 6.07 Å². The topological polar surface area (TPSA) is 91.9 Å². The molecule has 0 unspecified atom stereocenters. The van der Waals surface area contributed by atoms with E-state index >= 15 is 0 Å². The molecular formula is C31H44F3N9O. The summed E-state index contributed by atoms with van der Waals surface area (Å²) in [4.78, 5) is 29.4. The first-order chi connectivity index (χ1) is 21.2. The third-order valence-corrected chi connectivity index (χ3v) is 9.34. The van der Waals surface area contributed by atoms with Crippen molar-refractivity contribution in [3.05, 3.63) is 35.5 Å². The number of benzene rings is 1. The van der Waals surface area contributed by atoms with Crippen LogP contribution in [0, 0.1) is 0 Å². The number of piperidine rings is 1. The highest BCUT2D eigenvalue weighted by Crippen LogP contribution is 2.45. The van der Waals surface area contributed by atoms with E-state index < -0.39 is 11.7 Å². The summed E-state index contributed by atoms with van der Waals surface area (Å²) in [6.07, 6.45) is 2.27. The molecule has 10 nitrogen and oxygen atoms in total. The molecule has 1 aromatic heterocycles. The van der Waals surface area contributed by atoms with Gasteiger partial charge in [0.25, 0.3) is 0 Å². The lowest BCUT2D eigenvalue weighted by atomic mass is 10.0. The number of alkyl halides is 3. The van der Waals surface area contributed by atoms with Crippen molar-refractivity contribution in [3.8, 4) is 0 Å². The van der Waals surface area contributed by atoms with Crippen LogP contribution in [0.2, 0.25) is 0 Å². The van der Waals surface area contributed by atoms with E-state index in [0.717, 1.165) is 62.9 Å². The molecule has 0 spiro atoms. The van der Waals surface area contributed by atoms with Crippen molar-refractivity contribution in [3.63, 3.8) is 0 Å². The first-order valence-corrected chi connectivity index (χ1v) is 16.0. The van der Waals surface area contributed by atoms with Gasteiger partial charge in [0.1, 0.15) is 11.4 Å². The van der Waals surface area contributed by atoms with E-state index in [0.29, 0.717) is 38.0 Å². The van der Waals surface area contributed by atoms with E-state index in [-0.39, 0.29) is 24.3 Å². The predicted molar refractivity (Wildman–Crippen MR) is 166 cm³/mol.